The fourth-order valence-electron chi connectivity index (χ4n) is 2.12. The Bertz CT molecular complexity index is 778. The Morgan fingerprint density at radius 1 is 1.24 bits per heavy atom. The zero-order valence-corrected chi connectivity index (χ0v) is 16.0. The molecule has 0 amide bonds. The van der Waals surface area contributed by atoms with Gasteiger partial charge in [0, 0.05) is 16.4 Å². The Balaban J connectivity index is 2.30. The molecule has 0 fully saturated rings. The highest BCUT2D eigenvalue weighted by molar-refractivity contribution is 9.10. The predicted molar refractivity (Wildman–Crippen MR) is 102 cm³/mol. The van der Waals surface area contributed by atoms with Gasteiger partial charge in [-0.1, -0.05) is 19.1 Å². The minimum absolute atomic E-state index is 0.0818. The van der Waals surface area contributed by atoms with Crippen LogP contribution in [0.25, 0.3) is 0 Å². The van der Waals surface area contributed by atoms with Gasteiger partial charge in [-0.25, -0.2) is 4.99 Å². The minimum atomic E-state index is -4.34. The summed E-state index contributed by atoms with van der Waals surface area (Å²) in [5, 5.41) is 0. The highest BCUT2D eigenvalue weighted by Gasteiger charge is 2.29. The van der Waals surface area contributed by atoms with Gasteiger partial charge in [0.15, 0.2) is 0 Å². The van der Waals surface area contributed by atoms with Crippen molar-refractivity contribution in [2.24, 2.45) is 10.7 Å². The second kappa shape index (κ2) is 8.14. The van der Waals surface area contributed by atoms with Gasteiger partial charge in [-0.15, -0.1) is 0 Å². The number of alkyl halides is 3. The van der Waals surface area contributed by atoms with Crippen molar-refractivity contribution in [3.8, 4) is 0 Å². The molecule has 2 aromatic rings. The average molecular weight is 432 g/mol. The second-order valence-corrected chi connectivity index (χ2v) is 7.21. The van der Waals surface area contributed by atoms with Crippen molar-refractivity contribution in [3.05, 3.63) is 52.5 Å². The lowest BCUT2D eigenvalue weighted by molar-refractivity contribution is -0.0328. The fourth-order valence-corrected chi connectivity index (χ4v) is 3.21. The molecule has 0 spiro atoms. The molecule has 0 heterocycles. The van der Waals surface area contributed by atoms with Crippen LogP contribution in [-0.2, 0) is 6.42 Å². The van der Waals surface area contributed by atoms with E-state index in [9.17, 15) is 13.2 Å². The Labute approximate surface area is 157 Å². The van der Waals surface area contributed by atoms with E-state index in [1.54, 1.807) is 18.0 Å². The number of anilines is 1. The monoisotopic (exact) mass is 431 g/mol. The predicted octanol–water partition coefficient (Wildman–Crippen LogP) is 5.71. The largest absolute Gasteiger partial charge is 0.446 e. The molecule has 0 aliphatic rings. The van der Waals surface area contributed by atoms with Crippen LogP contribution in [0.5, 0.6) is 0 Å². The van der Waals surface area contributed by atoms with E-state index in [1.165, 1.54) is 12.1 Å². The van der Waals surface area contributed by atoms with E-state index in [0.717, 1.165) is 12.0 Å². The number of benzene rings is 2. The van der Waals surface area contributed by atoms with E-state index in [2.05, 4.69) is 20.9 Å². The molecule has 2 rings (SSSR count). The van der Waals surface area contributed by atoms with Gasteiger partial charge in [0.05, 0.1) is 11.4 Å². The summed E-state index contributed by atoms with van der Waals surface area (Å²) in [5.74, 6) is 0.183. The number of nitrogens with two attached hydrogens (primary N) is 1. The number of aryl methyl sites for hydroxylation is 1. The molecule has 0 radical (unpaired) electrons. The summed E-state index contributed by atoms with van der Waals surface area (Å²) < 4.78 is 38.4. The molecule has 0 aliphatic heterocycles. The first-order valence-electron chi connectivity index (χ1n) is 7.41. The van der Waals surface area contributed by atoms with Crippen molar-refractivity contribution in [2.45, 2.75) is 23.7 Å². The third-order valence-corrected chi connectivity index (χ3v) is 4.81. The molecule has 2 aromatic carbocycles. The van der Waals surface area contributed by atoms with Crippen LogP contribution in [0.1, 0.15) is 12.5 Å². The fraction of sp³-hybridized carbons (Fsp3) is 0.235. The first kappa shape index (κ1) is 19.7. The maximum atomic E-state index is 12.6. The van der Waals surface area contributed by atoms with Crippen molar-refractivity contribution in [1.82, 2.24) is 0 Å². The van der Waals surface area contributed by atoms with Crippen molar-refractivity contribution in [1.29, 1.82) is 0 Å². The normalized spacial score (nSPS) is 12.3. The van der Waals surface area contributed by atoms with Crippen LogP contribution >= 0.6 is 27.7 Å². The number of hydrogen-bond donors (Lipinski definition) is 1. The maximum absolute atomic E-state index is 12.6. The van der Waals surface area contributed by atoms with Crippen molar-refractivity contribution < 1.29 is 13.2 Å². The summed E-state index contributed by atoms with van der Waals surface area (Å²) in [7, 11) is 1.66. The summed E-state index contributed by atoms with van der Waals surface area (Å²) in [6.45, 7) is 2.04. The van der Waals surface area contributed by atoms with E-state index in [4.69, 9.17) is 5.73 Å². The van der Waals surface area contributed by atoms with Gasteiger partial charge in [-0.2, -0.15) is 13.2 Å². The molecule has 134 valence electrons. The summed E-state index contributed by atoms with van der Waals surface area (Å²) in [5.41, 5.74) is 4.03. The SMILES string of the molecule is CCc1cccc(N=C(N)N(C)c2cc(SC(F)(F)F)ccc2Br)c1. The Morgan fingerprint density at radius 2 is 1.96 bits per heavy atom. The van der Waals surface area contributed by atoms with Crippen LogP contribution < -0.4 is 10.6 Å². The zero-order valence-electron chi connectivity index (χ0n) is 13.6. The van der Waals surface area contributed by atoms with Gasteiger partial charge < -0.3 is 10.6 Å². The number of aliphatic imine (C=N–C) groups is 1. The Hall–Kier alpha value is -1.67. The van der Waals surface area contributed by atoms with E-state index in [1.807, 2.05) is 31.2 Å². The highest BCUT2D eigenvalue weighted by Crippen LogP contribution is 2.39. The molecular formula is C17H17BrF3N3S. The number of nitrogens with zero attached hydrogens (tertiary/aromatic N) is 2. The molecular weight excluding hydrogens is 415 g/mol. The van der Waals surface area contributed by atoms with Gasteiger partial charge in [-0.05, 0) is 70.0 Å². The summed E-state index contributed by atoms with van der Waals surface area (Å²) in [6, 6.07) is 12.0. The molecule has 0 saturated carbocycles. The van der Waals surface area contributed by atoms with Crippen LogP contribution in [-0.4, -0.2) is 18.5 Å². The lowest BCUT2D eigenvalue weighted by atomic mass is 10.1. The summed E-state index contributed by atoms with van der Waals surface area (Å²) >= 11 is 3.18. The number of halogens is 4. The summed E-state index contributed by atoms with van der Waals surface area (Å²) in [4.78, 5) is 5.99. The third-order valence-electron chi connectivity index (χ3n) is 3.42. The number of guanidine groups is 1. The minimum Gasteiger partial charge on any atom is -0.369 e. The van der Waals surface area contributed by atoms with E-state index in [0.29, 0.717) is 15.8 Å². The Kier molecular flexibility index (Phi) is 6.40. The second-order valence-electron chi connectivity index (χ2n) is 5.21. The van der Waals surface area contributed by atoms with Gasteiger partial charge >= 0.3 is 5.51 Å². The van der Waals surface area contributed by atoms with Crippen molar-refractivity contribution in [3.63, 3.8) is 0 Å². The molecule has 2 N–H and O–H groups in total. The lowest BCUT2D eigenvalue weighted by Crippen LogP contribution is -2.33. The maximum Gasteiger partial charge on any atom is 0.446 e. The van der Waals surface area contributed by atoms with Crippen molar-refractivity contribution >= 4 is 45.0 Å². The smallest absolute Gasteiger partial charge is 0.369 e. The Morgan fingerprint density at radius 3 is 2.60 bits per heavy atom. The van der Waals surface area contributed by atoms with E-state index in [-0.39, 0.29) is 22.6 Å². The van der Waals surface area contributed by atoms with Gasteiger partial charge in [-0.3, -0.25) is 0 Å². The van der Waals surface area contributed by atoms with Crippen LogP contribution in [0.2, 0.25) is 0 Å². The van der Waals surface area contributed by atoms with Gasteiger partial charge in [0.2, 0.25) is 5.96 Å². The first-order chi connectivity index (χ1) is 11.7. The standard InChI is InChI=1S/C17H17BrF3N3S/c1-3-11-5-4-6-12(9-11)23-16(22)24(2)15-10-13(7-8-14(15)18)25-17(19,20)21/h4-10H,3H2,1-2H3,(H2,22,23). The van der Waals surface area contributed by atoms with Crippen LogP contribution in [0.3, 0.4) is 0 Å². The topological polar surface area (TPSA) is 41.6 Å². The van der Waals surface area contributed by atoms with Crippen LogP contribution in [0.4, 0.5) is 24.5 Å². The summed E-state index contributed by atoms with van der Waals surface area (Å²) in [6.07, 6.45) is 0.876. The zero-order chi connectivity index (χ0) is 18.6. The highest BCUT2D eigenvalue weighted by atomic mass is 79.9. The quantitative estimate of drug-likeness (QED) is 0.383. The molecule has 0 bridgehead atoms. The average Bonchev–Trinajstić information content (AvgIpc) is 2.54. The number of thioether (sulfide) groups is 1. The van der Waals surface area contributed by atoms with Crippen LogP contribution in [0, 0.1) is 0 Å². The van der Waals surface area contributed by atoms with Gasteiger partial charge in [0.25, 0.3) is 0 Å². The van der Waals surface area contributed by atoms with E-state index < -0.39 is 5.51 Å². The molecule has 0 atom stereocenters. The number of hydrogen-bond acceptors (Lipinski definition) is 2. The molecule has 0 aromatic heterocycles. The van der Waals surface area contributed by atoms with Crippen LogP contribution in [0.15, 0.2) is 56.8 Å². The molecule has 25 heavy (non-hydrogen) atoms. The molecule has 0 saturated heterocycles. The van der Waals surface area contributed by atoms with Gasteiger partial charge in [0.1, 0.15) is 0 Å². The lowest BCUT2D eigenvalue weighted by Gasteiger charge is -2.20. The molecule has 8 heteroatoms. The van der Waals surface area contributed by atoms with Crippen molar-refractivity contribution in [2.75, 3.05) is 11.9 Å². The molecule has 0 unspecified atom stereocenters. The van der Waals surface area contributed by atoms with E-state index >= 15 is 0 Å². The third kappa shape index (κ3) is 5.67. The number of rotatable bonds is 4. The first-order valence-corrected chi connectivity index (χ1v) is 9.02. The molecule has 3 nitrogen and oxygen atoms in total. The molecule has 0 aliphatic carbocycles.